The SMILES string of the molecule is CN=C(C(OC(F)F)=C(N)C(F)(F)C(F)(F)F)n1cc(-c2ccc(Cl)c(C(=O)N(C)C3(C#N)CC3)c2)cn1. The molecule has 1 aromatic heterocycles. The number of allylic oxidation sites excluding steroid dienone is 2. The smallest absolute Gasteiger partial charge is 0.429 e. The average Bonchev–Trinajstić information content (AvgIpc) is 3.51. The molecule has 2 N–H and O–H groups in total. The summed E-state index contributed by atoms with van der Waals surface area (Å²) in [6.45, 7) is -3.83. The number of carbonyl (C=O) groups excluding carboxylic acids is 1. The minimum Gasteiger partial charge on any atom is -0.429 e. The van der Waals surface area contributed by atoms with Gasteiger partial charge in [-0.2, -0.15) is 41.1 Å². The van der Waals surface area contributed by atoms with E-state index >= 15 is 0 Å². The van der Waals surface area contributed by atoms with Crippen molar-refractivity contribution in [1.29, 1.82) is 5.26 Å². The molecule has 204 valence electrons. The molecule has 1 fully saturated rings. The number of carbonyl (C=O) groups is 1. The van der Waals surface area contributed by atoms with Gasteiger partial charge >= 0.3 is 18.7 Å². The fourth-order valence-electron chi connectivity index (χ4n) is 3.40. The zero-order valence-electron chi connectivity index (χ0n) is 19.5. The Morgan fingerprint density at radius 1 is 1.29 bits per heavy atom. The van der Waals surface area contributed by atoms with Crippen LogP contribution in [0.3, 0.4) is 0 Å². The van der Waals surface area contributed by atoms with E-state index in [2.05, 4.69) is 20.9 Å². The van der Waals surface area contributed by atoms with Gasteiger partial charge in [-0.1, -0.05) is 17.7 Å². The topological polar surface area (TPSA) is 110 Å². The monoisotopic (exact) mass is 566 g/mol. The van der Waals surface area contributed by atoms with E-state index in [0.29, 0.717) is 17.5 Å². The third-order valence-electron chi connectivity index (χ3n) is 5.77. The number of nitrogens with two attached hydrogens (primary N) is 1. The van der Waals surface area contributed by atoms with Crippen LogP contribution in [0.5, 0.6) is 0 Å². The molecular weight excluding hydrogens is 549 g/mol. The molecule has 2 aromatic rings. The zero-order valence-corrected chi connectivity index (χ0v) is 20.3. The predicted octanol–water partition coefficient (Wildman–Crippen LogP) is 4.82. The van der Waals surface area contributed by atoms with Crippen LogP contribution in [-0.4, -0.2) is 64.8 Å². The number of nitrogens with zero attached hydrogens (tertiary/aromatic N) is 5. The number of rotatable bonds is 7. The lowest BCUT2D eigenvalue weighted by Gasteiger charge is -2.23. The molecule has 1 aromatic carbocycles. The van der Waals surface area contributed by atoms with E-state index in [1.807, 2.05) is 0 Å². The summed E-state index contributed by atoms with van der Waals surface area (Å²) < 4.78 is 96.7. The molecule has 0 aliphatic heterocycles. The van der Waals surface area contributed by atoms with Gasteiger partial charge in [0, 0.05) is 25.9 Å². The van der Waals surface area contributed by atoms with E-state index in [0.717, 1.165) is 19.4 Å². The van der Waals surface area contributed by atoms with E-state index in [9.17, 15) is 40.8 Å². The van der Waals surface area contributed by atoms with Gasteiger partial charge < -0.3 is 15.4 Å². The second-order valence-corrected chi connectivity index (χ2v) is 8.52. The van der Waals surface area contributed by atoms with Crippen molar-refractivity contribution in [3.8, 4) is 17.2 Å². The minimum atomic E-state index is -6.22. The van der Waals surface area contributed by atoms with Gasteiger partial charge in [-0.15, -0.1) is 0 Å². The van der Waals surface area contributed by atoms with Gasteiger partial charge in [-0.25, -0.2) is 4.68 Å². The summed E-state index contributed by atoms with van der Waals surface area (Å²) in [7, 11) is 2.35. The van der Waals surface area contributed by atoms with Crippen LogP contribution in [0.25, 0.3) is 11.1 Å². The largest absolute Gasteiger partial charge is 0.459 e. The maximum absolute atomic E-state index is 13.9. The molecule has 0 bridgehead atoms. The van der Waals surface area contributed by atoms with Crippen LogP contribution < -0.4 is 5.73 Å². The van der Waals surface area contributed by atoms with Crippen LogP contribution in [-0.2, 0) is 4.74 Å². The number of amides is 1. The van der Waals surface area contributed by atoms with Crippen LogP contribution in [0.1, 0.15) is 23.2 Å². The van der Waals surface area contributed by atoms with Gasteiger partial charge in [0.15, 0.2) is 11.6 Å². The Bertz CT molecular complexity index is 1340. The number of aliphatic imine (C=N–C) groups is 1. The number of hydrogen-bond acceptors (Lipinski definition) is 6. The van der Waals surface area contributed by atoms with Crippen LogP contribution in [0, 0.1) is 11.3 Å². The van der Waals surface area contributed by atoms with Crippen molar-refractivity contribution < 1.29 is 40.3 Å². The molecule has 0 atom stereocenters. The second kappa shape index (κ2) is 10.2. The molecular formula is C22H18ClF7N6O2. The standard InChI is InChI=1S/C22H18ClF7N6O2/c1-33-17(15(38-19(24)25)16(32)21(26,27)22(28,29)30)36-9-12(8-34-36)11-3-4-14(23)13(7-11)18(37)35(2)20(10-31)5-6-20/h3-4,7-9,19H,5-6,32H2,1-2H3. The fraction of sp³-hybridized carbons (Fsp3) is 0.364. The van der Waals surface area contributed by atoms with E-state index in [4.69, 9.17) is 17.3 Å². The van der Waals surface area contributed by atoms with Crippen molar-refractivity contribution in [3.05, 3.63) is 52.6 Å². The summed E-state index contributed by atoms with van der Waals surface area (Å²) >= 11 is 6.18. The van der Waals surface area contributed by atoms with E-state index in [-0.39, 0.29) is 21.7 Å². The molecule has 1 heterocycles. The second-order valence-electron chi connectivity index (χ2n) is 8.12. The Morgan fingerprint density at radius 3 is 2.42 bits per heavy atom. The van der Waals surface area contributed by atoms with E-state index in [1.165, 1.54) is 30.1 Å². The highest BCUT2D eigenvalue weighted by Crippen LogP contribution is 2.42. The highest BCUT2D eigenvalue weighted by molar-refractivity contribution is 6.34. The number of hydrogen-bond donors (Lipinski definition) is 1. The number of nitriles is 1. The first kappa shape index (κ1) is 28.8. The van der Waals surface area contributed by atoms with Gasteiger partial charge in [-0.05, 0) is 30.5 Å². The number of alkyl halides is 7. The molecule has 0 spiro atoms. The lowest BCUT2D eigenvalue weighted by Crippen LogP contribution is -2.43. The summed E-state index contributed by atoms with van der Waals surface area (Å²) in [5, 5.41) is 13.2. The maximum Gasteiger partial charge on any atom is 0.459 e. The highest BCUT2D eigenvalue weighted by Gasteiger charge is 2.61. The first-order valence-electron chi connectivity index (χ1n) is 10.5. The summed E-state index contributed by atoms with van der Waals surface area (Å²) in [6.07, 6.45) is -3.09. The molecule has 8 nitrogen and oxygen atoms in total. The number of ether oxygens (including phenoxy) is 1. The van der Waals surface area contributed by atoms with Crippen LogP contribution in [0.2, 0.25) is 5.02 Å². The summed E-state index contributed by atoms with van der Waals surface area (Å²) in [5.74, 6) is -9.01. The Morgan fingerprint density at radius 2 is 1.92 bits per heavy atom. The van der Waals surface area contributed by atoms with Gasteiger partial charge in [0.1, 0.15) is 11.2 Å². The van der Waals surface area contributed by atoms with Crippen molar-refractivity contribution >= 4 is 23.3 Å². The van der Waals surface area contributed by atoms with Crippen LogP contribution >= 0.6 is 11.6 Å². The van der Waals surface area contributed by atoms with E-state index < -0.39 is 47.4 Å². The molecule has 16 heteroatoms. The molecule has 1 aliphatic rings. The van der Waals surface area contributed by atoms with Gasteiger partial charge in [0.05, 0.1) is 22.9 Å². The molecule has 38 heavy (non-hydrogen) atoms. The molecule has 0 radical (unpaired) electrons. The summed E-state index contributed by atoms with van der Waals surface area (Å²) in [5.41, 5.74) is 2.13. The Balaban J connectivity index is 2.03. The Kier molecular flexibility index (Phi) is 7.69. The summed E-state index contributed by atoms with van der Waals surface area (Å²) in [4.78, 5) is 17.7. The first-order chi connectivity index (χ1) is 17.6. The Labute approximate surface area is 215 Å². The molecule has 0 saturated heterocycles. The van der Waals surface area contributed by atoms with Crippen molar-refractivity contribution in [2.75, 3.05) is 14.1 Å². The fourth-order valence-corrected chi connectivity index (χ4v) is 3.60. The average molecular weight is 567 g/mol. The predicted molar refractivity (Wildman–Crippen MR) is 120 cm³/mol. The number of benzene rings is 1. The van der Waals surface area contributed by atoms with Crippen molar-refractivity contribution in [2.24, 2.45) is 10.7 Å². The van der Waals surface area contributed by atoms with Crippen molar-refractivity contribution in [3.63, 3.8) is 0 Å². The summed E-state index contributed by atoms with van der Waals surface area (Å²) in [6, 6.07) is 6.23. The molecule has 1 amide bonds. The lowest BCUT2D eigenvalue weighted by atomic mass is 10.0. The highest BCUT2D eigenvalue weighted by atomic mass is 35.5. The zero-order chi connectivity index (χ0) is 28.6. The molecule has 3 rings (SSSR count). The maximum atomic E-state index is 13.9. The van der Waals surface area contributed by atoms with Gasteiger partial charge in [-0.3, -0.25) is 9.79 Å². The third kappa shape index (κ3) is 5.26. The third-order valence-corrected chi connectivity index (χ3v) is 6.10. The van der Waals surface area contributed by atoms with Crippen LogP contribution in [0.4, 0.5) is 30.7 Å². The molecule has 0 unspecified atom stereocenters. The van der Waals surface area contributed by atoms with E-state index in [1.54, 1.807) is 0 Å². The van der Waals surface area contributed by atoms with Crippen LogP contribution in [0.15, 0.2) is 47.0 Å². The quantitative estimate of drug-likeness (QED) is 0.224. The normalized spacial score (nSPS) is 16.1. The minimum absolute atomic E-state index is 0.0148. The molecule has 1 saturated carbocycles. The number of aromatic nitrogens is 2. The lowest BCUT2D eigenvalue weighted by molar-refractivity contribution is -0.266. The first-order valence-corrected chi connectivity index (χ1v) is 10.9. The number of halogens is 8. The van der Waals surface area contributed by atoms with Crippen molar-refractivity contribution in [1.82, 2.24) is 14.7 Å². The van der Waals surface area contributed by atoms with Gasteiger partial charge in [0.25, 0.3) is 5.91 Å². The van der Waals surface area contributed by atoms with Gasteiger partial charge in [0.2, 0.25) is 0 Å². The molecule has 1 aliphatic carbocycles. The Hall–Kier alpha value is -3.80. The van der Waals surface area contributed by atoms with Crippen molar-refractivity contribution in [2.45, 2.75) is 37.1 Å².